The fourth-order valence-electron chi connectivity index (χ4n) is 2.90. The zero-order valence-corrected chi connectivity index (χ0v) is 18.5. The minimum atomic E-state index is -4.04. The van der Waals surface area contributed by atoms with Gasteiger partial charge in [0, 0.05) is 6.61 Å². The number of fused-ring (bicyclic) bond motifs is 2. The largest absolute Gasteiger partial charge is 0.487 e. The van der Waals surface area contributed by atoms with E-state index in [1.54, 1.807) is 24.3 Å². The Morgan fingerprint density at radius 1 is 0.781 bits per heavy atom. The van der Waals surface area contributed by atoms with Crippen LogP contribution < -0.4 is 18.9 Å². The molecule has 0 saturated carbocycles. The average Bonchev–Trinajstić information content (AvgIpc) is 2.77. The third-order valence-corrected chi connectivity index (χ3v) is 5.22. The maximum atomic E-state index is 10.9. The van der Waals surface area contributed by atoms with Gasteiger partial charge >= 0.3 is 0 Å². The first-order valence-corrected chi connectivity index (χ1v) is 12.0. The average molecular weight is 469 g/mol. The summed E-state index contributed by atoms with van der Waals surface area (Å²) in [6.45, 7) is 1.91. The van der Waals surface area contributed by atoms with E-state index in [1.807, 2.05) is 24.3 Å². The number of benzene rings is 2. The quantitative estimate of drug-likeness (QED) is 0.523. The highest BCUT2D eigenvalue weighted by Gasteiger charge is 2.16. The van der Waals surface area contributed by atoms with Crippen molar-refractivity contribution in [2.45, 2.75) is 12.5 Å². The Hall–Kier alpha value is -2.53. The van der Waals surface area contributed by atoms with Gasteiger partial charge in [0.25, 0.3) is 10.1 Å². The van der Waals surface area contributed by atoms with E-state index < -0.39 is 16.2 Å². The van der Waals surface area contributed by atoms with Crippen LogP contribution in [0.1, 0.15) is 6.42 Å². The van der Waals surface area contributed by atoms with Crippen LogP contribution in [0.5, 0.6) is 23.0 Å². The molecule has 0 radical (unpaired) electrons. The first-order chi connectivity index (χ1) is 15.5. The predicted octanol–water partition coefficient (Wildman–Crippen LogP) is 2.60. The van der Waals surface area contributed by atoms with E-state index in [0.717, 1.165) is 0 Å². The minimum Gasteiger partial charge on any atom is -0.487 e. The van der Waals surface area contributed by atoms with E-state index in [-0.39, 0.29) is 32.0 Å². The molecule has 0 fully saturated rings. The van der Waals surface area contributed by atoms with Crippen LogP contribution in [0.4, 0.5) is 0 Å². The summed E-state index contributed by atoms with van der Waals surface area (Å²) in [6.07, 6.45) is -0.358. The number of para-hydroxylation sites is 4. The fourth-order valence-corrected chi connectivity index (χ4v) is 3.38. The van der Waals surface area contributed by atoms with Crippen LogP contribution in [0.25, 0.3) is 0 Å². The molecule has 3 rings (SSSR count). The van der Waals surface area contributed by atoms with E-state index in [0.29, 0.717) is 49.4 Å². The summed E-state index contributed by atoms with van der Waals surface area (Å²) in [6, 6.07) is 14.5. The molecule has 0 saturated heterocycles. The summed E-state index contributed by atoms with van der Waals surface area (Å²) in [5, 5.41) is 0. The van der Waals surface area contributed by atoms with Gasteiger partial charge in [-0.1, -0.05) is 24.3 Å². The molecule has 10 heteroatoms. The zero-order chi connectivity index (χ0) is 22.7. The first-order valence-electron chi connectivity index (χ1n) is 10.3. The van der Waals surface area contributed by atoms with Crippen LogP contribution >= 0.6 is 0 Å². The monoisotopic (exact) mass is 468 g/mol. The van der Waals surface area contributed by atoms with Gasteiger partial charge in [-0.25, -0.2) is 0 Å². The first kappa shape index (κ1) is 24.1. The maximum Gasteiger partial charge on any atom is 0.264 e. The van der Waals surface area contributed by atoms with Gasteiger partial charge in [-0.15, -0.1) is 0 Å². The summed E-state index contributed by atoms with van der Waals surface area (Å²) < 4.78 is 65.5. The second-order valence-electron chi connectivity index (χ2n) is 6.96. The molecule has 32 heavy (non-hydrogen) atoms. The molecule has 1 N–H and O–H groups in total. The lowest BCUT2D eigenvalue weighted by Crippen LogP contribution is -2.30. The van der Waals surface area contributed by atoms with Crippen molar-refractivity contribution in [3.05, 3.63) is 48.5 Å². The summed E-state index contributed by atoms with van der Waals surface area (Å²) in [5.41, 5.74) is 0. The van der Waals surface area contributed by atoms with Gasteiger partial charge in [0.2, 0.25) is 0 Å². The molecule has 2 aromatic rings. The molecule has 0 aliphatic carbocycles. The predicted molar refractivity (Wildman–Crippen MR) is 116 cm³/mol. The van der Waals surface area contributed by atoms with Crippen LogP contribution in [0.3, 0.4) is 0 Å². The Labute approximate surface area is 187 Å². The van der Waals surface area contributed by atoms with Crippen LogP contribution in [0, 0.1) is 0 Å². The Morgan fingerprint density at radius 3 is 1.72 bits per heavy atom. The van der Waals surface area contributed by atoms with Crippen molar-refractivity contribution >= 4 is 10.1 Å². The second-order valence-corrected chi connectivity index (χ2v) is 8.53. The molecule has 1 heterocycles. The van der Waals surface area contributed by atoms with Crippen molar-refractivity contribution in [2.24, 2.45) is 0 Å². The Morgan fingerprint density at radius 2 is 1.25 bits per heavy atom. The van der Waals surface area contributed by atoms with Gasteiger partial charge in [0.1, 0.15) is 32.5 Å². The van der Waals surface area contributed by atoms with E-state index >= 15 is 0 Å². The highest BCUT2D eigenvalue weighted by molar-refractivity contribution is 7.85. The lowest BCUT2D eigenvalue weighted by molar-refractivity contribution is -0.00864. The Bertz CT molecular complexity index is 877. The SMILES string of the molecule is O=S(=O)(O)CCCOC1COc2ccccc2OCCOCCOc2ccccc2OC1. The maximum absolute atomic E-state index is 10.9. The number of hydrogen-bond donors (Lipinski definition) is 1. The molecule has 9 nitrogen and oxygen atoms in total. The van der Waals surface area contributed by atoms with E-state index in [1.165, 1.54) is 0 Å². The lowest BCUT2D eigenvalue weighted by atomic mass is 10.3. The third-order valence-electron chi connectivity index (χ3n) is 4.42. The number of hydrogen-bond acceptors (Lipinski definition) is 8. The molecule has 0 bridgehead atoms. The van der Waals surface area contributed by atoms with Gasteiger partial charge < -0.3 is 28.4 Å². The van der Waals surface area contributed by atoms with Crippen LogP contribution in [-0.2, 0) is 19.6 Å². The van der Waals surface area contributed by atoms with Crippen LogP contribution in [0.2, 0.25) is 0 Å². The third kappa shape index (κ3) is 8.54. The van der Waals surface area contributed by atoms with Crippen LogP contribution in [0.15, 0.2) is 48.5 Å². The van der Waals surface area contributed by atoms with Crippen molar-refractivity contribution < 1.29 is 41.4 Å². The van der Waals surface area contributed by atoms with E-state index in [4.69, 9.17) is 33.0 Å². The normalized spacial score (nSPS) is 16.4. The second kappa shape index (κ2) is 12.5. The van der Waals surface area contributed by atoms with Crippen molar-refractivity contribution in [1.29, 1.82) is 0 Å². The molecule has 2 aromatic carbocycles. The van der Waals surface area contributed by atoms with E-state index in [2.05, 4.69) is 0 Å². The molecule has 0 amide bonds. The van der Waals surface area contributed by atoms with Gasteiger partial charge in [0.15, 0.2) is 23.0 Å². The summed E-state index contributed by atoms with van der Waals surface area (Å²) in [7, 11) is -4.04. The van der Waals surface area contributed by atoms with Crippen molar-refractivity contribution in [3.63, 3.8) is 0 Å². The van der Waals surface area contributed by atoms with Gasteiger partial charge in [0.05, 0.1) is 19.0 Å². The topological polar surface area (TPSA) is 110 Å². The molecular weight excluding hydrogens is 440 g/mol. The van der Waals surface area contributed by atoms with Gasteiger partial charge in [-0.3, -0.25) is 4.55 Å². The summed E-state index contributed by atoms with van der Waals surface area (Å²) >= 11 is 0. The van der Waals surface area contributed by atoms with Gasteiger partial charge in [-0.2, -0.15) is 8.42 Å². The molecular formula is C22H28O9S. The molecule has 176 valence electrons. The van der Waals surface area contributed by atoms with E-state index in [9.17, 15) is 8.42 Å². The highest BCUT2D eigenvalue weighted by Crippen LogP contribution is 2.28. The Balaban J connectivity index is 1.70. The van der Waals surface area contributed by atoms with Gasteiger partial charge in [-0.05, 0) is 30.7 Å². The zero-order valence-electron chi connectivity index (χ0n) is 17.7. The standard InChI is InChI=1S/C22H28O9S/c23-32(24,25)15-5-10-27-18-16-30-21-8-3-1-6-19(21)28-13-11-26-12-14-29-20-7-2-4-9-22(20)31-17-18/h1-4,6-9,18H,5,10-17H2,(H,23,24,25). The highest BCUT2D eigenvalue weighted by atomic mass is 32.2. The van der Waals surface area contributed by atoms with Crippen LogP contribution in [-0.4, -0.2) is 71.1 Å². The molecule has 0 aromatic heterocycles. The lowest BCUT2D eigenvalue weighted by Gasteiger charge is -2.21. The Kier molecular flexibility index (Phi) is 9.42. The molecule has 1 aliphatic rings. The molecule has 0 spiro atoms. The number of rotatable bonds is 5. The molecule has 1 aliphatic heterocycles. The number of ether oxygens (including phenoxy) is 6. The smallest absolute Gasteiger partial charge is 0.264 e. The van der Waals surface area contributed by atoms with Crippen molar-refractivity contribution in [3.8, 4) is 23.0 Å². The fraction of sp³-hybridized carbons (Fsp3) is 0.455. The molecule has 0 unspecified atom stereocenters. The summed E-state index contributed by atoms with van der Waals surface area (Å²) in [5.74, 6) is 1.88. The summed E-state index contributed by atoms with van der Waals surface area (Å²) in [4.78, 5) is 0. The van der Waals surface area contributed by atoms with Crippen molar-refractivity contribution in [2.75, 3.05) is 52.0 Å². The molecule has 0 atom stereocenters. The van der Waals surface area contributed by atoms with Crippen molar-refractivity contribution in [1.82, 2.24) is 0 Å². The minimum absolute atomic E-state index is 0.116.